The summed E-state index contributed by atoms with van der Waals surface area (Å²) in [5, 5.41) is 0. The minimum absolute atomic E-state index is 0.350. The van der Waals surface area contributed by atoms with Crippen molar-refractivity contribution in [2.75, 3.05) is 13.7 Å². The number of carbonyl (C=O) groups excluding carboxylic acids is 1. The molecule has 92 valence electrons. The molecule has 0 aliphatic rings. The van der Waals surface area contributed by atoms with Crippen LogP contribution in [0.1, 0.15) is 13.8 Å². The Morgan fingerprint density at radius 1 is 1.35 bits per heavy atom. The topological polar surface area (TPSA) is 44.8 Å². The van der Waals surface area contributed by atoms with Gasteiger partial charge in [0.2, 0.25) is 0 Å². The summed E-state index contributed by atoms with van der Waals surface area (Å²) in [5.41, 5.74) is 0.412. The van der Waals surface area contributed by atoms with Gasteiger partial charge < -0.3 is 14.2 Å². The van der Waals surface area contributed by atoms with E-state index in [1.165, 1.54) is 6.26 Å². The summed E-state index contributed by atoms with van der Waals surface area (Å²) in [6, 6.07) is 7.13. The first-order valence-corrected chi connectivity index (χ1v) is 5.32. The molecular weight excluding hydrogens is 220 g/mol. The Morgan fingerprint density at radius 2 is 2.06 bits per heavy atom. The average molecular weight is 236 g/mol. The Bertz CT molecular complexity index is 410. The van der Waals surface area contributed by atoms with E-state index in [-0.39, 0.29) is 5.97 Å². The number of hydrogen-bond donors (Lipinski definition) is 0. The van der Waals surface area contributed by atoms with Gasteiger partial charge in [-0.1, -0.05) is 6.07 Å². The van der Waals surface area contributed by atoms with E-state index in [1.807, 2.05) is 12.1 Å². The highest BCUT2D eigenvalue weighted by molar-refractivity contribution is 5.87. The third-order valence-corrected chi connectivity index (χ3v) is 2.01. The van der Waals surface area contributed by atoms with Crippen molar-refractivity contribution in [3.8, 4) is 11.5 Å². The van der Waals surface area contributed by atoms with E-state index in [0.29, 0.717) is 23.7 Å². The standard InChI is InChI=1S/C13H16O4/c1-4-16-13(14)10(2)9-17-12-7-5-6-11(8-12)15-3/h5-9H,4H2,1-3H3/b10-9-. The molecular formula is C13H16O4. The summed E-state index contributed by atoms with van der Waals surface area (Å²) in [5.74, 6) is 0.924. The molecule has 0 saturated heterocycles. The first kappa shape index (κ1) is 13.1. The van der Waals surface area contributed by atoms with Crippen molar-refractivity contribution in [3.05, 3.63) is 36.1 Å². The van der Waals surface area contributed by atoms with Gasteiger partial charge in [0.05, 0.1) is 19.3 Å². The van der Waals surface area contributed by atoms with Crippen LogP contribution < -0.4 is 9.47 Å². The Morgan fingerprint density at radius 3 is 2.71 bits per heavy atom. The lowest BCUT2D eigenvalue weighted by Gasteiger charge is -2.05. The van der Waals surface area contributed by atoms with Crippen LogP contribution in [0.15, 0.2) is 36.1 Å². The third-order valence-electron chi connectivity index (χ3n) is 2.01. The minimum atomic E-state index is -0.379. The van der Waals surface area contributed by atoms with Gasteiger partial charge in [-0.05, 0) is 26.0 Å². The molecule has 17 heavy (non-hydrogen) atoms. The fourth-order valence-electron chi connectivity index (χ4n) is 1.12. The predicted octanol–water partition coefficient (Wildman–Crippen LogP) is 2.54. The molecule has 0 saturated carbocycles. The van der Waals surface area contributed by atoms with Crippen molar-refractivity contribution in [2.24, 2.45) is 0 Å². The zero-order valence-electron chi connectivity index (χ0n) is 10.2. The van der Waals surface area contributed by atoms with E-state index < -0.39 is 0 Å². The molecule has 1 aromatic carbocycles. The molecule has 0 aliphatic carbocycles. The minimum Gasteiger partial charge on any atom is -0.497 e. The van der Waals surface area contributed by atoms with Gasteiger partial charge in [0, 0.05) is 6.07 Å². The van der Waals surface area contributed by atoms with Crippen LogP contribution in [0, 0.1) is 0 Å². The maximum Gasteiger partial charge on any atom is 0.336 e. The lowest BCUT2D eigenvalue weighted by Crippen LogP contribution is -2.06. The number of ether oxygens (including phenoxy) is 3. The van der Waals surface area contributed by atoms with E-state index in [2.05, 4.69) is 0 Å². The van der Waals surface area contributed by atoms with Crippen LogP contribution in [0.4, 0.5) is 0 Å². The Kier molecular flexibility index (Phi) is 5.07. The number of benzene rings is 1. The van der Waals surface area contributed by atoms with Gasteiger partial charge in [-0.2, -0.15) is 0 Å². The molecule has 4 nitrogen and oxygen atoms in total. The Hall–Kier alpha value is -1.97. The van der Waals surface area contributed by atoms with Gasteiger partial charge in [0.15, 0.2) is 0 Å². The van der Waals surface area contributed by atoms with Crippen LogP contribution >= 0.6 is 0 Å². The summed E-state index contributed by atoms with van der Waals surface area (Å²) in [4.78, 5) is 11.3. The molecule has 0 heterocycles. The molecule has 4 heteroatoms. The van der Waals surface area contributed by atoms with Crippen LogP contribution in [-0.4, -0.2) is 19.7 Å². The molecule has 0 amide bonds. The van der Waals surface area contributed by atoms with Crippen LogP contribution in [0.25, 0.3) is 0 Å². The number of hydrogen-bond acceptors (Lipinski definition) is 4. The highest BCUT2D eigenvalue weighted by atomic mass is 16.5. The van der Waals surface area contributed by atoms with Gasteiger partial charge in [0.25, 0.3) is 0 Å². The lowest BCUT2D eigenvalue weighted by atomic mass is 10.3. The van der Waals surface area contributed by atoms with Crippen molar-refractivity contribution in [1.82, 2.24) is 0 Å². The first-order chi connectivity index (χ1) is 8.17. The van der Waals surface area contributed by atoms with Gasteiger partial charge in [-0.15, -0.1) is 0 Å². The summed E-state index contributed by atoms with van der Waals surface area (Å²) in [6.07, 6.45) is 1.37. The summed E-state index contributed by atoms with van der Waals surface area (Å²) < 4.78 is 15.2. The fraction of sp³-hybridized carbons (Fsp3) is 0.308. The van der Waals surface area contributed by atoms with E-state index in [4.69, 9.17) is 14.2 Å². The lowest BCUT2D eigenvalue weighted by molar-refractivity contribution is -0.138. The largest absolute Gasteiger partial charge is 0.497 e. The molecule has 0 aromatic heterocycles. The van der Waals surface area contributed by atoms with Crippen molar-refractivity contribution in [1.29, 1.82) is 0 Å². The second-order valence-corrected chi connectivity index (χ2v) is 3.32. The predicted molar refractivity (Wildman–Crippen MR) is 64.0 cm³/mol. The van der Waals surface area contributed by atoms with E-state index in [9.17, 15) is 4.79 Å². The highest BCUT2D eigenvalue weighted by Gasteiger charge is 2.04. The van der Waals surface area contributed by atoms with Gasteiger partial charge in [-0.3, -0.25) is 0 Å². The maximum absolute atomic E-state index is 11.3. The molecule has 0 unspecified atom stereocenters. The number of carbonyl (C=O) groups is 1. The molecule has 0 fully saturated rings. The zero-order chi connectivity index (χ0) is 12.7. The van der Waals surface area contributed by atoms with Crippen LogP contribution in [0.2, 0.25) is 0 Å². The molecule has 1 rings (SSSR count). The maximum atomic E-state index is 11.3. The average Bonchev–Trinajstić information content (AvgIpc) is 2.36. The fourth-order valence-corrected chi connectivity index (χ4v) is 1.12. The molecule has 0 bridgehead atoms. The van der Waals surface area contributed by atoms with Gasteiger partial charge in [-0.25, -0.2) is 4.79 Å². The first-order valence-electron chi connectivity index (χ1n) is 5.32. The SMILES string of the molecule is CCOC(=O)/C(C)=C\Oc1cccc(OC)c1. The quantitative estimate of drug-likeness (QED) is 0.447. The van der Waals surface area contributed by atoms with E-state index in [1.54, 1.807) is 33.1 Å². The highest BCUT2D eigenvalue weighted by Crippen LogP contribution is 2.19. The molecule has 0 N–H and O–H groups in total. The van der Waals surface area contributed by atoms with Crippen LogP contribution in [-0.2, 0) is 9.53 Å². The summed E-state index contributed by atoms with van der Waals surface area (Å²) >= 11 is 0. The number of esters is 1. The van der Waals surface area contributed by atoms with E-state index in [0.717, 1.165) is 0 Å². The number of rotatable bonds is 5. The van der Waals surface area contributed by atoms with Crippen LogP contribution in [0.5, 0.6) is 11.5 Å². The van der Waals surface area contributed by atoms with E-state index >= 15 is 0 Å². The van der Waals surface area contributed by atoms with Crippen molar-refractivity contribution in [3.63, 3.8) is 0 Å². The summed E-state index contributed by atoms with van der Waals surface area (Å²) in [6.45, 7) is 3.75. The van der Waals surface area contributed by atoms with Gasteiger partial charge >= 0.3 is 5.97 Å². The third kappa shape index (κ3) is 4.18. The second-order valence-electron chi connectivity index (χ2n) is 3.32. The smallest absolute Gasteiger partial charge is 0.336 e. The monoisotopic (exact) mass is 236 g/mol. The Balaban J connectivity index is 2.65. The number of methoxy groups -OCH3 is 1. The molecule has 0 spiro atoms. The second kappa shape index (κ2) is 6.58. The van der Waals surface area contributed by atoms with Crippen molar-refractivity contribution < 1.29 is 19.0 Å². The zero-order valence-corrected chi connectivity index (χ0v) is 10.2. The Labute approximate surface area is 101 Å². The molecule has 0 aliphatic heterocycles. The molecule has 1 aromatic rings. The van der Waals surface area contributed by atoms with Crippen molar-refractivity contribution >= 4 is 5.97 Å². The molecule has 0 radical (unpaired) electrons. The molecule has 0 atom stereocenters. The summed E-state index contributed by atoms with van der Waals surface area (Å²) in [7, 11) is 1.58. The normalized spacial score (nSPS) is 10.9. The van der Waals surface area contributed by atoms with Crippen molar-refractivity contribution in [2.45, 2.75) is 13.8 Å². The van der Waals surface area contributed by atoms with Crippen LogP contribution in [0.3, 0.4) is 0 Å². The van der Waals surface area contributed by atoms with Gasteiger partial charge in [0.1, 0.15) is 17.8 Å².